The van der Waals surface area contributed by atoms with E-state index in [9.17, 15) is 18.0 Å². The largest absolute Gasteiger partial charge is 0.380 e. The van der Waals surface area contributed by atoms with E-state index in [1.165, 1.54) is 37.2 Å². The number of ether oxygens (including phenoxy) is 1. The van der Waals surface area contributed by atoms with E-state index in [0.29, 0.717) is 11.1 Å². The van der Waals surface area contributed by atoms with Crippen LogP contribution in [0.15, 0.2) is 28.0 Å². The number of aromatic nitrogens is 2. The molecule has 0 aliphatic heterocycles. The quantitative estimate of drug-likeness (QED) is 0.813. The summed E-state index contributed by atoms with van der Waals surface area (Å²) in [6.45, 7) is 1.70. The number of carbonyl (C=O) groups is 1. The van der Waals surface area contributed by atoms with Gasteiger partial charge in [-0.3, -0.25) is 14.3 Å². The van der Waals surface area contributed by atoms with E-state index in [1.54, 1.807) is 6.92 Å². The van der Waals surface area contributed by atoms with Crippen molar-refractivity contribution in [1.29, 1.82) is 0 Å². The topological polar surface area (TPSA) is 98.2 Å². The van der Waals surface area contributed by atoms with Crippen LogP contribution in [-0.4, -0.2) is 37.3 Å². The first-order valence-corrected chi connectivity index (χ1v) is 8.68. The Labute approximate surface area is 133 Å². The molecule has 0 saturated heterocycles. The number of benzene rings is 1. The maximum atomic E-state index is 12.6. The number of hydrogen-bond donors (Lipinski definition) is 1. The molecular weight excluding hydrogens is 320 g/mol. The van der Waals surface area contributed by atoms with Crippen molar-refractivity contribution in [3.05, 3.63) is 50.9 Å². The molecule has 0 aliphatic carbocycles. The van der Waals surface area contributed by atoms with Crippen LogP contribution in [0.1, 0.15) is 27.0 Å². The van der Waals surface area contributed by atoms with Crippen LogP contribution in [0.4, 0.5) is 0 Å². The number of H-pyrrole nitrogens is 1. The Morgan fingerprint density at radius 3 is 2.43 bits per heavy atom. The van der Waals surface area contributed by atoms with Gasteiger partial charge in [-0.1, -0.05) is 0 Å². The molecule has 1 N–H and O–H groups in total. The normalized spacial score (nSPS) is 11.7. The molecule has 124 valence electrons. The number of nitrogens with one attached hydrogen (secondary N) is 1. The van der Waals surface area contributed by atoms with E-state index in [4.69, 9.17) is 4.74 Å². The second-order valence-electron chi connectivity index (χ2n) is 5.30. The fourth-order valence-corrected chi connectivity index (χ4v) is 3.39. The molecule has 1 aromatic carbocycles. The van der Waals surface area contributed by atoms with Crippen molar-refractivity contribution in [2.24, 2.45) is 7.05 Å². The van der Waals surface area contributed by atoms with Gasteiger partial charge >= 0.3 is 0 Å². The highest BCUT2D eigenvalue weighted by Crippen LogP contribution is 2.25. The van der Waals surface area contributed by atoms with Gasteiger partial charge in [0.1, 0.15) is 5.56 Å². The fraction of sp³-hybridized carbons (Fsp3) is 0.333. The van der Waals surface area contributed by atoms with Crippen molar-refractivity contribution in [2.75, 3.05) is 13.4 Å². The molecule has 0 aliphatic rings. The molecule has 2 rings (SSSR count). The summed E-state index contributed by atoms with van der Waals surface area (Å²) < 4.78 is 30.0. The summed E-state index contributed by atoms with van der Waals surface area (Å²) in [5.74, 6) is -0.457. The minimum atomic E-state index is -3.45. The standard InChI is InChI=1S/C15H18N2O5S/c1-9-10(14(18)11-7-16-17(2)15(11)19)5-6-13(23(4,20)21)12(9)8-22-3/h5-7,16H,8H2,1-4H3. The predicted molar refractivity (Wildman–Crippen MR) is 84.5 cm³/mol. The third-order valence-electron chi connectivity index (χ3n) is 3.67. The lowest BCUT2D eigenvalue weighted by Gasteiger charge is -2.14. The summed E-state index contributed by atoms with van der Waals surface area (Å²) in [6, 6.07) is 2.81. The zero-order valence-corrected chi connectivity index (χ0v) is 14.2. The molecule has 8 heteroatoms. The summed E-state index contributed by atoms with van der Waals surface area (Å²) in [4.78, 5) is 24.6. The van der Waals surface area contributed by atoms with Crippen molar-refractivity contribution in [1.82, 2.24) is 9.78 Å². The average molecular weight is 338 g/mol. The first kappa shape index (κ1) is 17.2. The molecule has 0 amide bonds. The number of carbonyl (C=O) groups excluding carboxylic acids is 1. The lowest BCUT2D eigenvalue weighted by molar-refractivity contribution is 0.103. The van der Waals surface area contributed by atoms with E-state index in [-0.39, 0.29) is 22.6 Å². The molecule has 1 aromatic heterocycles. The Morgan fingerprint density at radius 2 is 1.96 bits per heavy atom. The van der Waals surface area contributed by atoms with Crippen molar-refractivity contribution in [3.63, 3.8) is 0 Å². The van der Waals surface area contributed by atoms with Gasteiger partial charge in [0.25, 0.3) is 5.56 Å². The van der Waals surface area contributed by atoms with Crippen LogP contribution in [0, 0.1) is 6.92 Å². The number of aromatic amines is 1. The Bertz CT molecular complexity index is 922. The summed E-state index contributed by atoms with van der Waals surface area (Å²) in [6.07, 6.45) is 2.44. The van der Waals surface area contributed by atoms with Crippen LogP contribution in [0.5, 0.6) is 0 Å². The SMILES string of the molecule is COCc1c(S(C)(=O)=O)ccc(C(=O)c2c[nH]n(C)c2=O)c1C. The Kier molecular flexibility index (Phi) is 4.58. The number of nitrogens with zero attached hydrogens (tertiary/aromatic N) is 1. The summed E-state index contributed by atoms with van der Waals surface area (Å²) >= 11 is 0. The van der Waals surface area contributed by atoms with E-state index in [1.807, 2.05) is 0 Å². The highest BCUT2D eigenvalue weighted by atomic mass is 32.2. The maximum Gasteiger partial charge on any atom is 0.277 e. The first-order valence-electron chi connectivity index (χ1n) is 6.79. The third-order valence-corrected chi connectivity index (χ3v) is 4.85. The van der Waals surface area contributed by atoms with Crippen LogP contribution in [0.3, 0.4) is 0 Å². The molecule has 0 atom stereocenters. The summed E-state index contributed by atoms with van der Waals surface area (Å²) in [5.41, 5.74) is 0.762. The Balaban J connectivity index is 2.66. The van der Waals surface area contributed by atoms with Gasteiger partial charge in [0.05, 0.1) is 11.5 Å². The molecule has 0 fully saturated rings. The van der Waals surface area contributed by atoms with E-state index >= 15 is 0 Å². The van der Waals surface area contributed by atoms with E-state index in [0.717, 1.165) is 6.26 Å². The molecule has 0 saturated carbocycles. The smallest absolute Gasteiger partial charge is 0.277 e. The van der Waals surface area contributed by atoms with Gasteiger partial charge in [-0.25, -0.2) is 8.42 Å². The Hall–Kier alpha value is -2.19. The molecule has 0 spiro atoms. The average Bonchev–Trinajstić information content (AvgIpc) is 2.79. The van der Waals surface area contributed by atoms with Gasteiger partial charge in [0.15, 0.2) is 15.6 Å². The van der Waals surface area contributed by atoms with Crippen LogP contribution >= 0.6 is 0 Å². The van der Waals surface area contributed by atoms with E-state index < -0.39 is 21.2 Å². The minimum absolute atomic E-state index is 0.00562. The fourth-order valence-electron chi connectivity index (χ4n) is 2.42. The molecular formula is C15H18N2O5S. The van der Waals surface area contributed by atoms with Gasteiger partial charge < -0.3 is 9.84 Å². The van der Waals surface area contributed by atoms with Gasteiger partial charge in [-0.05, 0) is 30.2 Å². The van der Waals surface area contributed by atoms with Crippen LogP contribution in [0.2, 0.25) is 0 Å². The number of sulfone groups is 1. The first-order chi connectivity index (χ1) is 10.7. The zero-order chi connectivity index (χ0) is 17.4. The number of rotatable bonds is 5. The zero-order valence-electron chi connectivity index (χ0n) is 13.3. The molecule has 7 nitrogen and oxygen atoms in total. The van der Waals surface area contributed by atoms with Crippen molar-refractivity contribution in [3.8, 4) is 0 Å². The number of ketones is 1. The number of hydrogen-bond acceptors (Lipinski definition) is 5. The van der Waals surface area contributed by atoms with Crippen LogP contribution in [-0.2, 0) is 28.2 Å². The Morgan fingerprint density at radius 1 is 1.30 bits per heavy atom. The minimum Gasteiger partial charge on any atom is -0.380 e. The van der Waals surface area contributed by atoms with Gasteiger partial charge in [0, 0.05) is 32.2 Å². The highest BCUT2D eigenvalue weighted by molar-refractivity contribution is 7.90. The molecule has 2 aromatic rings. The summed E-state index contributed by atoms with van der Waals surface area (Å²) in [5, 5.41) is 2.65. The maximum absolute atomic E-state index is 12.6. The van der Waals surface area contributed by atoms with E-state index in [2.05, 4.69) is 5.10 Å². The van der Waals surface area contributed by atoms with Gasteiger partial charge in [-0.2, -0.15) is 0 Å². The van der Waals surface area contributed by atoms with Crippen molar-refractivity contribution in [2.45, 2.75) is 18.4 Å². The van der Waals surface area contributed by atoms with Crippen LogP contribution in [0.25, 0.3) is 0 Å². The lowest BCUT2D eigenvalue weighted by Crippen LogP contribution is -2.20. The summed E-state index contributed by atoms with van der Waals surface area (Å²) in [7, 11) is -0.497. The molecule has 23 heavy (non-hydrogen) atoms. The molecule has 1 heterocycles. The third kappa shape index (κ3) is 3.13. The monoisotopic (exact) mass is 338 g/mol. The predicted octanol–water partition coefficient (Wildman–Crippen LogP) is 0.803. The number of methoxy groups -OCH3 is 1. The highest BCUT2D eigenvalue weighted by Gasteiger charge is 2.23. The van der Waals surface area contributed by atoms with Crippen molar-refractivity contribution < 1.29 is 17.9 Å². The van der Waals surface area contributed by atoms with Crippen LogP contribution < -0.4 is 5.56 Å². The molecule has 0 unspecified atom stereocenters. The second kappa shape index (κ2) is 6.13. The lowest BCUT2D eigenvalue weighted by atomic mass is 9.97. The molecule has 0 radical (unpaired) electrons. The number of aryl methyl sites for hydroxylation is 1. The molecule has 0 bridgehead atoms. The second-order valence-corrected chi connectivity index (χ2v) is 7.28. The van der Waals surface area contributed by atoms with Crippen molar-refractivity contribution >= 4 is 15.6 Å². The van der Waals surface area contributed by atoms with Gasteiger partial charge in [-0.15, -0.1) is 0 Å². The van der Waals surface area contributed by atoms with Gasteiger partial charge in [0.2, 0.25) is 0 Å².